The van der Waals surface area contributed by atoms with E-state index in [2.05, 4.69) is 25.3 Å². The van der Waals surface area contributed by atoms with Crippen LogP contribution >= 0.6 is 0 Å². The molecular formula is C12H16N6. The van der Waals surface area contributed by atoms with Crippen LogP contribution in [0.3, 0.4) is 0 Å². The third-order valence-corrected chi connectivity index (χ3v) is 3.69. The van der Waals surface area contributed by atoms with Crippen LogP contribution in [0.25, 0.3) is 0 Å². The van der Waals surface area contributed by atoms with Gasteiger partial charge in [0.15, 0.2) is 5.69 Å². The Morgan fingerprint density at radius 2 is 2.11 bits per heavy atom. The number of nitrogens with one attached hydrogen (secondary N) is 1. The summed E-state index contributed by atoms with van der Waals surface area (Å²) in [6, 6.07) is 6.02. The van der Waals surface area contributed by atoms with E-state index in [1.807, 2.05) is 12.1 Å². The fourth-order valence-corrected chi connectivity index (χ4v) is 2.63. The molecule has 1 unspecified atom stereocenters. The minimum Gasteiger partial charge on any atom is -0.367 e. The first-order valence-corrected chi connectivity index (χ1v) is 6.29. The van der Waals surface area contributed by atoms with Crippen LogP contribution < -0.4 is 5.32 Å². The molecule has 1 aromatic heterocycles. The first-order chi connectivity index (χ1) is 8.85. The van der Waals surface area contributed by atoms with Crippen LogP contribution in [0, 0.1) is 11.3 Å². The zero-order valence-electron chi connectivity index (χ0n) is 10.2. The van der Waals surface area contributed by atoms with Gasteiger partial charge < -0.3 is 5.32 Å². The molecule has 4 heterocycles. The van der Waals surface area contributed by atoms with Gasteiger partial charge in [0.25, 0.3) is 0 Å². The SMILES string of the molecule is N#Cc1ccc(NCC2CN3CCN2CC3)nn1. The van der Waals surface area contributed by atoms with Crippen LogP contribution in [0.15, 0.2) is 12.1 Å². The molecule has 0 spiro atoms. The molecule has 0 saturated carbocycles. The van der Waals surface area contributed by atoms with E-state index >= 15 is 0 Å². The molecule has 6 nitrogen and oxygen atoms in total. The molecule has 0 aromatic carbocycles. The van der Waals surface area contributed by atoms with Crippen molar-refractivity contribution in [3.63, 3.8) is 0 Å². The highest BCUT2D eigenvalue weighted by molar-refractivity contribution is 5.35. The fraction of sp³-hybridized carbons (Fsp3) is 0.583. The molecule has 6 heteroatoms. The Morgan fingerprint density at radius 1 is 1.28 bits per heavy atom. The van der Waals surface area contributed by atoms with Gasteiger partial charge in [0.2, 0.25) is 0 Å². The number of piperazine rings is 3. The van der Waals surface area contributed by atoms with Crippen molar-refractivity contribution in [1.82, 2.24) is 20.0 Å². The second kappa shape index (κ2) is 4.88. The van der Waals surface area contributed by atoms with E-state index in [0.29, 0.717) is 11.7 Å². The number of anilines is 1. The molecule has 3 aliphatic heterocycles. The maximum atomic E-state index is 8.65. The third kappa shape index (κ3) is 2.28. The van der Waals surface area contributed by atoms with Crippen molar-refractivity contribution in [2.45, 2.75) is 6.04 Å². The molecule has 3 saturated heterocycles. The van der Waals surface area contributed by atoms with E-state index in [4.69, 9.17) is 5.26 Å². The van der Waals surface area contributed by atoms with E-state index < -0.39 is 0 Å². The molecule has 1 N–H and O–H groups in total. The Hall–Kier alpha value is -1.71. The average molecular weight is 244 g/mol. The van der Waals surface area contributed by atoms with Crippen LogP contribution in [-0.4, -0.2) is 65.3 Å². The normalized spacial score (nSPS) is 29.8. The molecule has 2 bridgehead atoms. The Bertz CT molecular complexity index is 443. The van der Waals surface area contributed by atoms with E-state index in [1.54, 1.807) is 6.07 Å². The summed E-state index contributed by atoms with van der Waals surface area (Å²) >= 11 is 0. The van der Waals surface area contributed by atoms with Crippen molar-refractivity contribution in [2.24, 2.45) is 0 Å². The molecule has 18 heavy (non-hydrogen) atoms. The van der Waals surface area contributed by atoms with E-state index in [1.165, 1.54) is 26.2 Å². The van der Waals surface area contributed by atoms with Gasteiger partial charge in [-0.3, -0.25) is 9.80 Å². The van der Waals surface area contributed by atoms with Gasteiger partial charge in [-0.05, 0) is 12.1 Å². The van der Waals surface area contributed by atoms with Crippen LogP contribution in [0.4, 0.5) is 5.82 Å². The van der Waals surface area contributed by atoms with Crippen LogP contribution in [0.1, 0.15) is 5.69 Å². The minimum absolute atomic E-state index is 0.354. The number of nitrogens with zero attached hydrogens (tertiary/aromatic N) is 5. The zero-order chi connectivity index (χ0) is 12.4. The van der Waals surface area contributed by atoms with Crippen LogP contribution in [0.5, 0.6) is 0 Å². The van der Waals surface area contributed by atoms with E-state index in [-0.39, 0.29) is 0 Å². The van der Waals surface area contributed by atoms with E-state index in [9.17, 15) is 0 Å². The molecule has 1 aromatic rings. The van der Waals surface area contributed by atoms with Gasteiger partial charge in [-0.2, -0.15) is 5.26 Å². The molecule has 3 aliphatic rings. The summed E-state index contributed by atoms with van der Waals surface area (Å²) in [5.41, 5.74) is 0.354. The van der Waals surface area contributed by atoms with Crippen molar-refractivity contribution in [3.05, 3.63) is 17.8 Å². The number of nitriles is 1. The predicted octanol–water partition coefficient (Wildman–Crippen LogP) is -0.240. The first kappa shape index (κ1) is 11.4. The Kier molecular flexibility index (Phi) is 3.09. The van der Waals surface area contributed by atoms with Crippen molar-refractivity contribution in [3.8, 4) is 6.07 Å². The number of fused-ring (bicyclic) bond motifs is 3. The second-order valence-corrected chi connectivity index (χ2v) is 4.79. The smallest absolute Gasteiger partial charge is 0.163 e. The summed E-state index contributed by atoms with van der Waals surface area (Å²) in [5.74, 6) is 0.742. The number of hydrogen-bond acceptors (Lipinski definition) is 6. The molecule has 0 aliphatic carbocycles. The molecule has 0 radical (unpaired) electrons. The minimum atomic E-state index is 0.354. The maximum absolute atomic E-state index is 8.65. The first-order valence-electron chi connectivity index (χ1n) is 6.29. The highest BCUT2D eigenvalue weighted by atomic mass is 15.4. The number of hydrogen-bond donors (Lipinski definition) is 1. The summed E-state index contributed by atoms with van der Waals surface area (Å²) in [6.07, 6.45) is 0. The van der Waals surface area contributed by atoms with Crippen molar-refractivity contribution in [2.75, 3.05) is 44.6 Å². The standard InChI is InChI=1S/C12H16N6/c13-7-10-1-2-12(16-15-10)14-8-11-9-17-3-5-18(11)6-4-17/h1-2,11H,3-6,8-9H2,(H,14,16). The lowest BCUT2D eigenvalue weighted by Gasteiger charge is -2.47. The van der Waals surface area contributed by atoms with Gasteiger partial charge in [-0.15, -0.1) is 10.2 Å². The topological polar surface area (TPSA) is 68.1 Å². The number of rotatable bonds is 3. The van der Waals surface area contributed by atoms with Gasteiger partial charge >= 0.3 is 0 Å². The van der Waals surface area contributed by atoms with Crippen molar-refractivity contribution in [1.29, 1.82) is 5.26 Å². The summed E-state index contributed by atoms with van der Waals surface area (Å²) < 4.78 is 0. The zero-order valence-corrected chi connectivity index (χ0v) is 10.2. The van der Waals surface area contributed by atoms with Crippen molar-refractivity contribution >= 4 is 5.82 Å². The second-order valence-electron chi connectivity index (χ2n) is 4.79. The highest BCUT2D eigenvalue weighted by Gasteiger charge is 2.31. The van der Waals surface area contributed by atoms with Crippen LogP contribution in [0.2, 0.25) is 0 Å². The summed E-state index contributed by atoms with van der Waals surface area (Å²) in [5, 5.41) is 19.7. The summed E-state index contributed by atoms with van der Waals surface area (Å²) in [6.45, 7) is 6.77. The maximum Gasteiger partial charge on any atom is 0.163 e. The number of aromatic nitrogens is 2. The van der Waals surface area contributed by atoms with Gasteiger partial charge in [0.1, 0.15) is 11.9 Å². The largest absolute Gasteiger partial charge is 0.367 e. The molecule has 1 atom stereocenters. The molecule has 4 rings (SSSR count). The Morgan fingerprint density at radius 3 is 2.67 bits per heavy atom. The monoisotopic (exact) mass is 244 g/mol. The van der Waals surface area contributed by atoms with Gasteiger partial charge in [-0.1, -0.05) is 0 Å². The molecule has 3 fully saturated rings. The Balaban J connectivity index is 1.56. The summed E-state index contributed by atoms with van der Waals surface area (Å²) in [4.78, 5) is 5.04. The van der Waals surface area contributed by atoms with Gasteiger partial charge in [-0.25, -0.2) is 0 Å². The Labute approximate surface area is 106 Å². The fourth-order valence-electron chi connectivity index (χ4n) is 2.63. The lowest BCUT2D eigenvalue weighted by Crippen LogP contribution is -2.62. The third-order valence-electron chi connectivity index (χ3n) is 3.69. The molecule has 0 amide bonds. The van der Waals surface area contributed by atoms with Crippen LogP contribution in [-0.2, 0) is 0 Å². The lowest BCUT2D eigenvalue weighted by molar-refractivity contribution is 0.0189. The summed E-state index contributed by atoms with van der Waals surface area (Å²) in [7, 11) is 0. The van der Waals surface area contributed by atoms with E-state index in [0.717, 1.165) is 18.9 Å². The highest BCUT2D eigenvalue weighted by Crippen LogP contribution is 2.15. The lowest BCUT2D eigenvalue weighted by atomic mass is 10.1. The average Bonchev–Trinajstić information content (AvgIpc) is 2.47. The van der Waals surface area contributed by atoms with Gasteiger partial charge in [0.05, 0.1) is 0 Å². The predicted molar refractivity (Wildman–Crippen MR) is 67.0 cm³/mol. The molecular weight excluding hydrogens is 228 g/mol. The van der Waals surface area contributed by atoms with Gasteiger partial charge in [0, 0.05) is 45.3 Å². The molecule has 94 valence electrons. The van der Waals surface area contributed by atoms with Crippen molar-refractivity contribution < 1.29 is 0 Å². The quantitative estimate of drug-likeness (QED) is 0.791.